The zero-order valence-corrected chi connectivity index (χ0v) is 19.5. The molecule has 35 heavy (non-hydrogen) atoms. The van der Waals surface area contributed by atoms with Gasteiger partial charge in [-0.1, -0.05) is 61.5 Å². The largest absolute Gasteiger partial charge is 0.382 e. The predicted molar refractivity (Wildman–Crippen MR) is 134 cm³/mol. The van der Waals surface area contributed by atoms with E-state index in [-0.39, 0.29) is 12.3 Å². The first-order valence-electron chi connectivity index (χ1n) is 11.8. The van der Waals surface area contributed by atoms with Gasteiger partial charge in [-0.15, -0.1) is 0 Å². The number of hydrogen-bond acceptors (Lipinski definition) is 4. The zero-order chi connectivity index (χ0) is 24.5. The Hall–Kier alpha value is -3.74. The molecule has 0 bridgehead atoms. The lowest BCUT2D eigenvalue weighted by molar-refractivity contribution is -0.152. The summed E-state index contributed by atoms with van der Waals surface area (Å²) in [6.07, 6.45) is -1.47. The van der Waals surface area contributed by atoms with Gasteiger partial charge in [0.25, 0.3) is 5.91 Å². The van der Waals surface area contributed by atoms with E-state index in [1.807, 2.05) is 73.8 Å². The number of rotatable bonds is 7. The number of aromatic nitrogens is 1. The molecule has 0 unspecified atom stereocenters. The van der Waals surface area contributed by atoms with Crippen LogP contribution in [0.3, 0.4) is 0 Å². The summed E-state index contributed by atoms with van der Waals surface area (Å²) in [6, 6.07) is 25.8. The van der Waals surface area contributed by atoms with E-state index in [1.54, 1.807) is 0 Å². The van der Waals surface area contributed by atoms with Crippen molar-refractivity contribution in [3.63, 3.8) is 0 Å². The topological polar surface area (TPSA) is 82.8 Å². The number of fused-ring (bicyclic) bond motifs is 2. The number of carbonyl (C=O) groups excluding carboxylic acids is 2. The van der Waals surface area contributed by atoms with Gasteiger partial charge in [0.15, 0.2) is 11.9 Å². The van der Waals surface area contributed by atoms with Gasteiger partial charge in [-0.2, -0.15) is 0 Å². The van der Waals surface area contributed by atoms with E-state index >= 15 is 0 Å². The summed E-state index contributed by atoms with van der Waals surface area (Å²) in [7, 11) is 0. The van der Waals surface area contributed by atoms with Gasteiger partial charge in [0.05, 0.1) is 5.52 Å². The van der Waals surface area contributed by atoms with Crippen molar-refractivity contribution in [2.45, 2.75) is 44.6 Å². The van der Waals surface area contributed by atoms with Crippen LogP contribution in [-0.2, 0) is 22.7 Å². The number of aliphatic hydroxyl groups excluding tert-OH is 2. The molecule has 1 amide bonds. The highest BCUT2D eigenvalue weighted by Gasteiger charge is 2.35. The highest BCUT2D eigenvalue weighted by Crippen LogP contribution is 2.26. The highest BCUT2D eigenvalue weighted by atomic mass is 16.3. The molecule has 4 aromatic rings. The minimum atomic E-state index is -1.77. The zero-order valence-electron chi connectivity index (χ0n) is 19.5. The monoisotopic (exact) mass is 468 g/mol. The molecule has 0 saturated heterocycles. The highest BCUT2D eigenvalue weighted by molar-refractivity contribution is 5.92. The lowest BCUT2D eigenvalue weighted by atomic mass is 9.92. The first-order chi connectivity index (χ1) is 16.9. The third kappa shape index (κ3) is 4.50. The van der Waals surface area contributed by atoms with Crippen LogP contribution in [0.15, 0.2) is 85.1 Å². The second-order valence-corrected chi connectivity index (χ2v) is 9.26. The number of benzene rings is 3. The molecule has 0 radical (unpaired) electrons. The van der Waals surface area contributed by atoms with Gasteiger partial charge in [0.1, 0.15) is 6.10 Å². The molecular weight excluding hydrogens is 440 g/mol. The Morgan fingerprint density at radius 3 is 2.14 bits per heavy atom. The second kappa shape index (κ2) is 9.49. The van der Waals surface area contributed by atoms with E-state index in [0.29, 0.717) is 13.1 Å². The van der Waals surface area contributed by atoms with Crippen molar-refractivity contribution >= 4 is 22.6 Å². The fourth-order valence-corrected chi connectivity index (χ4v) is 4.80. The predicted octanol–water partition coefficient (Wildman–Crippen LogP) is 3.96. The normalized spacial score (nSPS) is 15.6. The molecule has 1 aromatic heterocycles. The second-order valence-electron chi connectivity index (χ2n) is 9.26. The molecule has 5 rings (SSSR count). The molecule has 1 aliphatic heterocycles. The summed E-state index contributed by atoms with van der Waals surface area (Å²) in [4.78, 5) is 26.9. The van der Waals surface area contributed by atoms with Crippen LogP contribution >= 0.6 is 0 Å². The van der Waals surface area contributed by atoms with E-state index in [1.165, 1.54) is 4.90 Å². The number of amides is 1. The van der Waals surface area contributed by atoms with E-state index in [2.05, 4.69) is 22.8 Å². The molecule has 0 fully saturated rings. The third-order valence-corrected chi connectivity index (χ3v) is 6.88. The van der Waals surface area contributed by atoms with Crippen molar-refractivity contribution < 1.29 is 19.8 Å². The van der Waals surface area contributed by atoms with E-state index in [0.717, 1.165) is 33.3 Å². The molecule has 2 N–H and O–H groups in total. The van der Waals surface area contributed by atoms with Crippen LogP contribution in [0.4, 0.5) is 0 Å². The molecule has 178 valence electrons. The number of para-hydroxylation sites is 1. The lowest BCUT2D eigenvalue weighted by Crippen LogP contribution is -2.46. The Kier molecular flexibility index (Phi) is 6.24. The Balaban J connectivity index is 1.21. The van der Waals surface area contributed by atoms with Gasteiger partial charge in [-0.05, 0) is 52.3 Å². The average Bonchev–Trinajstić information content (AvgIpc) is 3.52. The molecule has 3 atom stereocenters. The molecule has 1 aliphatic rings. The van der Waals surface area contributed by atoms with Crippen LogP contribution in [0.25, 0.3) is 16.6 Å². The van der Waals surface area contributed by atoms with Gasteiger partial charge in [0.2, 0.25) is 0 Å². The molecule has 3 aromatic carbocycles. The van der Waals surface area contributed by atoms with Crippen molar-refractivity contribution in [2.75, 3.05) is 0 Å². The Morgan fingerprint density at radius 1 is 0.829 bits per heavy atom. The summed E-state index contributed by atoms with van der Waals surface area (Å²) in [5.74, 6) is -1.35. The smallest absolute Gasteiger partial charge is 0.255 e. The number of nitrogens with zero attached hydrogens (tertiary/aromatic N) is 2. The SMILES string of the molecule is C[C@H](CC(=O)[C@H](O)[C@@H](O)C(=O)N1Cc2ccccc2C1)c1ccc(-n2ccc3ccccc32)cc1. The van der Waals surface area contributed by atoms with Crippen molar-refractivity contribution in [2.24, 2.45) is 0 Å². The minimum absolute atomic E-state index is 0.0253. The standard InChI is InChI=1S/C29H28N2O4/c1-19(20-10-12-24(13-11-20)31-15-14-21-6-4-5-9-25(21)31)16-26(32)27(33)28(34)29(35)30-17-22-7-2-3-8-23(22)18-30/h2-15,19,27-28,33-34H,16-18H2,1H3/t19-,27+,28-/m1/s1. The van der Waals surface area contributed by atoms with E-state index in [9.17, 15) is 19.8 Å². The van der Waals surface area contributed by atoms with Crippen molar-refractivity contribution in [1.82, 2.24) is 9.47 Å². The van der Waals surface area contributed by atoms with Crippen LogP contribution in [-0.4, -0.2) is 43.6 Å². The minimum Gasteiger partial charge on any atom is -0.382 e. The molecule has 6 nitrogen and oxygen atoms in total. The number of hydrogen-bond donors (Lipinski definition) is 2. The van der Waals surface area contributed by atoms with Gasteiger partial charge < -0.3 is 19.7 Å². The number of Topliss-reactive ketones (excluding diaryl/α,β-unsaturated/α-hetero) is 1. The average molecular weight is 469 g/mol. The quantitative estimate of drug-likeness (QED) is 0.430. The van der Waals surface area contributed by atoms with Crippen molar-refractivity contribution in [3.8, 4) is 5.69 Å². The van der Waals surface area contributed by atoms with Gasteiger partial charge >= 0.3 is 0 Å². The third-order valence-electron chi connectivity index (χ3n) is 6.88. The van der Waals surface area contributed by atoms with Crippen LogP contribution in [0.1, 0.15) is 36.0 Å². The molecule has 0 spiro atoms. The first-order valence-corrected chi connectivity index (χ1v) is 11.8. The number of carbonyl (C=O) groups is 2. The summed E-state index contributed by atoms with van der Waals surface area (Å²) in [5.41, 5.74) is 5.10. The van der Waals surface area contributed by atoms with Gasteiger partial charge in [0, 0.05) is 31.4 Å². The fourth-order valence-electron chi connectivity index (χ4n) is 4.80. The summed E-state index contributed by atoms with van der Waals surface area (Å²) in [5, 5.41) is 22.1. The van der Waals surface area contributed by atoms with Gasteiger partial charge in [-0.25, -0.2) is 0 Å². The first kappa shape index (κ1) is 23.0. The molecule has 0 saturated carbocycles. The summed E-state index contributed by atoms with van der Waals surface area (Å²) >= 11 is 0. The lowest BCUT2D eigenvalue weighted by Gasteiger charge is -2.23. The molecule has 2 heterocycles. The molecule has 6 heteroatoms. The van der Waals surface area contributed by atoms with Crippen LogP contribution in [0.5, 0.6) is 0 Å². The van der Waals surface area contributed by atoms with Crippen LogP contribution in [0, 0.1) is 0 Å². The maximum atomic E-state index is 12.7. The van der Waals surface area contributed by atoms with E-state index < -0.39 is 23.9 Å². The Labute approximate surface area is 204 Å². The summed E-state index contributed by atoms with van der Waals surface area (Å²) < 4.78 is 2.11. The van der Waals surface area contributed by atoms with Crippen LogP contribution in [0.2, 0.25) is 0 Å². The maximum Gasteiger partial charge on any atom is 0.255 e. The molecular formula is C29H28N2O4. The Bertz CT molecular complexity index is 1350. The molecule has 0 aliphatic carbocycles. The number of aliphatic hydroxyl groups is 2. The van der Waals surface area contributed by atoms with Gasteiger partial charge in [-0.3, -0.25) is 9.59 Å². The Morgan fingerprint density at radius 2 is 1.46 bits per heavy atom. The number of ketones is 1. The van der Waals surface area contributed by atoms with Crippen LogP contribution < -0.4 is 0 Å². The summed E-state index contributed by atoms with van der Waals surface area (Å²) in [6.45, 7) is 2.63. The van der Waals surface area contributed by atoms with Crippen molar-refractivity contribution in [1.29, 1.82) is 0 Å². The maximum absolute atomic E-state index is 12.7. The van der Waals surface area contributed by atoms with E-state index in [4.69, 9.17) is 0 Å². The fraction of sp³-hybridized carbons (Fsp3) is 0.241. The van der Waals surface area contributed by atoms with Crippen molar-refractivity contribution in [3.05, 3.63) is 102 Å².